The number of carbonyl (C=O) groups is 4. The zero-order valence-corrected chi connectivity index (χ0v) is 40.7. The van der Waals surface area contributed by atoms with Crippen LogP contribution in [-0.2, 0) is 33.1 Å². The number of aromatic carboxylic acids is 2. The number of nitrogens with one attached hydrogen (secondary N) is 2. The summed E-state index contributed by atoms with van der Waals surface area (Å²) in [6.45, 7) is 21.7. The fourth-order valence-electron chi connectivity index (χ4n) is 11.4. The molecule has 2 amide bonds. The Bertz CT molecular complexity index is 2460. The van der Waals surface area contributed by atoms with Crippen molar-refractivity contribution in [1.29, 1.82) is 0 Å². The van der Waals surface area contributed by atoms with Crippen molar-refractivity contribution in [3.63, 3.8) is 0 Å². The van der Waals surface area contributed by atoms with Crippen molar-refractivity contribution < 1.29 is 38.9 Å². The minimum atomic E-state index is -1.03. The number of hydrogen-bond donors (Lipinski definition) is 4. The van der Waals surface area contributed by atoms with E-state index in [1.807, 2.05) is 31.2 Å². The van der Waals surface area contributed by atoms with Crippen LogP contribution in [0.2, 0.25) is 0 Å². The third-order valence-corrected chi connectivity index (χ3v) is 16.9. The Balaban J connectivity index is 0.839. The van der Waals surface area contributed by atoms with E-state index in [0.29, 0.717) is 47.2 Å². The molecule has 4 aromatic rings. The maximum Gasteiger partial charge on any atom is 0.339 e. The summed E-state index contributed by atoms with van der Waals surface area (Å²) in [7, 11) is 0. The van der Waals surface area contributed by atoms with E-state index in [2.05, 4.69) is 68.9 Å². The van der Waals surface area contributed by atoms with E-state index in [1.54, 1.807) is 24.3 Å². The van der Waals surface area contributed by atoms with Crippen LogP contribution in [0.1, 0.15) is 150 Å². The van der Waals surface area contributed by atoms with Gasteiger partial charge in [-0.3, -0.25) is 9.59 Å². The van der Waals surface area contributed by atoms with Gasteiger partial charge in [0.2, 0.25) is 0 Å². The second-order valence-electron chi connectivity index (χ2n) is 21.1. The van der Waals surface area contributed by atoms with Crippen molar-refractivity contribution in [2.24, 2.45) is 10.8 Å². The van der Waals surface area contributed by atoms with Gasteiger partial charge in [-0.2, -0.15) is 0 Å². The molecule has 0 spiro atoms. The number of thiophene rings is 2. The monoisotopic (exact) mass is 924 g/mol. The molecule has 12 nitrogen and oxygen atoms in total. The van der Waals surface area contributed by atoms with E-state index in [4.69, 9.17) is 9.47 Å². The predicted octanol–water partition coefficient (Wildman–Crippen LogP) is 10.5. The Morgan fingerprint density at radius 2 is 1.14 bits per heavy atom. The molecule has 0 radical (unpaired) electrons. The molecule has 348 valence electrons. The average Bonchev–Trinajstić information content (AvgIpc) is 3.77. The zero-order valence-electron chi connectivity index (χ0n) is 39.0. The summed E-state index contributed by atoms with van der Waals surface area (Å²) < 4.78 is 12.2. The highest BCUT2D eigenvalue weighted by Gasteiger charge is 2.45. The molecule has 4 heterocycles. The molecule has 2 fully saturated rings. The molecule has 4 N–H and O–H groups in total. The second-order valence-corrected chi connectivity index (χ2v) is 23.1. The number of ether oxygens (including phenoxy) is 2. The second kappa shape index (κ2) is 17.8. The van der Waals surface area contributed by atoms with Crippen LogP contribution in [0.3, 0.4) is 0 Å². The number of nitrogens with zero attached hydrogens (tertiary/aromatic N) is 2. The topological polar surface area (TPSA) is 158 Å². The van der Waals surface area contributed by atoms with Gasteiger partial charge in [-0.05, 0) is 133 Å². The Morgan fingerprint density at radius 3 is 1.63 bits per heavy atom. The number of amides is 2. The lowest BCUT2D eigenvalue weighted by atomic mass is 9.63. The summed E-state index contributed by atoms with van der Waals surface area (Å²) in [5.74, 6) is -2.70. The highest BCUT2D eigenvalue weighted by Crippen LogP contribution is 2.54. The van der Waals surface area contributed by atoms with Gasteiger partial charge in [-0.25, -0.2) is 9.59 Å². The quantitative estimate of drug-likeness (QED) is 0.0959. The van der Waals surface area contributed by atoms with Crippen LogP contribution in [0.25, 0.3) is 0 Å². The van der Waals surface area contributed by atoms with Gasteiger partial charge in [0.1, 0.15) is 10.0 Å². The van der Waals surface area contributed by atoms with Crippen LogP contribution < -0.4 is 20.4 Å². The normalized spacial score (nSPS) is 21.2. The maximum atomic E-state index is 13.5. The van der Waals surface area contributed by atoms with Gasteiger partial charge < -0.3 is 40.1 Å². The van der Waals surface area contributed by atoms with Crippen molar-refractivity contribution >= 4 is 67.8 Å². The maximum absolute atomic E-state index is 13.5. The number of benzene rings is 2. The highest BCUT2D eigenvalue weighted by molar-refractivity contribution is 7.17. The van der Waals surface area contributed by atoms with E-state index < -0.39 is 11.9 Å². The van der Waals surface area contributed by atoms with Crippen LogP contribution >= 0.6 is 22.7 Å². The molecule has 2 aromatic heterocycles. The molecule has 1 atom stereocenters. The molecule has 2 saturated heterocycles. The van der Waals surface area contributed by atoms with Crippen LogP contribution in [0.4, 0.5) is 21.4 Å². The third kappa shape index (κ3) is 9.73. The fraction of sp³-hybridized carbons (Fsp3) is 0.529. The lowest BCUT2D eigenvalue weighted by Gasteiger charge is -2.43. The first-order chi connectivity index (χ1) is 30.7. The Hall–Kier alpha value is -4.76. The number of carboxylic acids is 2. The first-order valence-electron chi connectivity index (χ1n) is 23.0. The molecule has 2 aliphatic heterocycles. The van der Waals surface area contributed by atoms with Crippen molar-refractivity contribution in [3.05, 3.63) is 91.7 Å². The first-order valence-corrected chi connectivity index (χ1v) is 24.6. The summed E-state index contributed by atoms with van der Waals surface area (Å²) in [5, 5.41) is 27.4. The first kappa shape index (κ1) is 46.8. The van der Waals surface area contributed by atoms with Crippen LogP contribution in [-0.4, -0.2) is 85.6 Å². The number of carbonyl (C=O) groups excluding carboxylic acids is 2. The minimum Gasteiger partial charge on any atom is -0.478 e. The molecule has 2 aliphatic carbocycles. The average molecular weight is 925 g/mol. The summed E-state index contributed by atoms with van der Waals surface area (Å²) >= 11 is 2.78. The lowest BCUT2D eigenvalue weighted by Crippen LogP contribution is -2.52. The fourth-order valence-corrected chi connectivity index (χ4v) is 14.0. The number of rotatable bonds is 14. The van der Waals surface area contributed by atoms with E-state index in [1.165, 1.54) is 22.7 Å². The number of anilines is 4. The number of piperidine rings is 1. The Labute approximate surface area is 390 Å². The van der Waals surface area contributed by atoms with E-state index >= 15 is 0 Å². The molecule has 2 aromatic carbocycles. The summed E-state index contributed by atoms with van der Waals surface area (Å²) in [4.78, 5) is 58.9. The summed E-state index contributed by atoms with van der Waals surface area (Å²) in [5.41, 5.74) is 4.35. The molecule has 8 rings (SSSR count). The SMILES string of the molecule is CCOC1CN(c2ccc(C(=O)Nc3sc4c(c3C(=O)O)CC(C)(CCOC3CCN(c5ccc(C(=O)Nc6sc7c(c6C(=O)O)CC(C)(C)CC7(C)C)cc5)CC3)CC4(C)C)cc2)C1. The summed E-state index contributed by atoms with van der Waals surface area (Å²) in [6, 6.07) is 14.9. The number of hydrogen-bond acceptors (Lipinski definition) is 10. The highest BCUT2D eigenvalue weighted by atomic mass is 32.1. The van der Waals surface area contributed by atoms with Crippen LogP contribution in [0, 0.1) is 10.8 Å². The van der Waals surface area contributed by atoms with E-state index in [0.717, 1.165) is 90.5 Å². The molecule has 1 unspecified atom stereocenters. The number of fused-ring (bicyclic) bond motifs is 2. The van der Waals surface area contributed by atoms with Gasteiger partial charge in [0.15, 0.2) is 0 Å². The molecule has 0 saturated carbocycles. The molecular weight excluding hydrogens is 861 g/mol. The standard InChI is InChI=1S/C51H64N4O8S2/c1-9-62-35-26-55(27-35)33-16-12-31(13-17-33)43(57)53-45-39(47(60)61)37-25-51(8,29-50(6,7)41(37)65-45)20-23-63-34-18-21-54(22-19-34)32-14-10-30(11-15-32)42(56)52-44-38(46(58)59)36-24-48(2,3)28-49(4,5)40(36)64-44/h10-17,34-35H,9,18-29H2,1-8H3,(H,52,56)(H,53,57)(H,58,59)(H,60,61). The molecule has 0 bridgehead atoms. The van der Waals surface area contributed by atoms with E-state index in [-0.39, 0.29) is 56.8 Å². The van der Waals surface area contributed by atoms with Gasteiger partial charge in [0.05, 0.1) is 23.3 Å². The predicted molar refractivity (Wildman–Crippen MR) is 259 cm³/mol. The van der Waals surface area contributed by atoms with Crippen molar-refractivity contribution in [2.45, 2.75) is 123 Å². The van der Waals surface area contributed by atoms with Crippen LogP contribution in [0.5, 0.6) is 0 Å². The zero-order chi connectivity index (χ0) is 46.6. The lowest BCUT2D eigenvalue weighted by molar-refractivity contribution is 0.0137. The van der Waals surface area contributed by atoms with Crippen molar-refractivity contribution in [1.82, 2.24) is 0 Å². The molecule has 4 aliphatic rings. The van der Waals surface area contributed by atoms with Crippen LogP contribution in [0.15, 0.2) is 48.5 Å². The molecular formula is C51H64N4O8S2. The largest absolute Gasteiger partial charge is 0.478 e. The minimum absolute atomic E-state index is 0.0391. The summed E-state index contributed by atoms with van der Waals surface area (Å²) in [6.07, 6.45) is 5.89. The van der Waals surface area contributed by atoms with Gasteiger partial charge in [0.25, 0.3) is 11.8 Å². The number of carboxylic acid groups (broad SMARTS) is 2. The smallest absolute Gasteiger partial charge is 0.339 e. The molecule has 65 heavy (non-hydrogen) atoms. The molecule has 14 heteroatoms. The Morgan fingerprint density at radius 1 is 0.662 bits per heavy atom. The van der Waals surface area contributed by atoms with Gasteiger partial charge >= 0.3 is 11.9 Å². The van der Waals surface area contributed by atoms with Crippen molar-refractivity contribution in [2.75, 3.05) is 59.8 Å². The van der Waals surface area contributed by atoms with Gasteiger partial charge in [0, 0.05) is 71.6 Å². The van der Waals surface area contributed by atoms with Gasteiger partial charge in [-0.1, -0.05) is 48.5 Å². The van der Waals surface area contributed by atoms with Crippen molar-refractivity contribution in [3.8, 4) is 0 Å². The Kier molecular flexibility index (Phi) is 12.8. The third-order valence-electron chi connectivity index (χ3n) is 13.9. The van der Waals surface area contributed by atoms with E-state index in [9.17, 15) is 29.4 Å². The van der Waals surface area contributed by atoms with Gasteiger partial charge in [-0.15, -0.1) is 22.7 Å².